The molecule has 8 nitrogen and oxygen atoms in total. The van der Waals surface area contributed by atoms with Gasteiger partial charge in [-0.2, -0.15) is 5.10 Å². The van der Waals surface area contributed by atoms with E-state index in [0.29, 0.717) is 53.5 Å². The third-order valence-corrected chi connectivity index (χ3v) is 10.1. The molecule has 0 bridgehead atoms. The van der Waals surface area contributed by atoms with E-state index >= 15 is 0 Å². The summed E-state index contributed by atoms with van der Waals surface area (Å²) in [6, 6.07) is 6.35. The van der Waals surface area contributed by atoms with Crippen LogP contribution in [0.1, 0.15) is 174 Å². The van der Waals surface area contributed by atoms with Crippen LogP contribution in [0.25, 0.3) is 0 Å². The SMILES string of the molecule is CCCCC(CC)CNC(=O)c1cc(N(CC(CC)CCCC)CC(CC)CCCC)ccc1/N=C1/C(CC)=Nn2nc(C(C)C)nc21. The molecule has 0 aliphatic carbocycles. The first-order valence-electron chi connectivity index (χ1n) is 19.5. The molecule has 0 fully saturated rings. The quantitative estimate of drug-likeness (QED) is 0.128. The van der Waals surface area contributed by atoms with Crippen molar-refractivity contribution in [2.75, 3.05) is 24.5 Å². The minimum absolute atomic E-state index is 0.0560. The van der Waals surface area contributed by atoms with E-state index in [9.17, 15) is 4.79 Å². The molecule has 1 aromatic carbocycles. The fraction of sp³-hybridized carbons (Fsp3) is 0.725. The van der Waals surface area contributed by atoms with Crippen LogP contribution in [0.4, 0.5) is 11.4 Å². The van der Waals surface area contributed by atoms with Gasteiger partial charge in [-0.3, -0.25) is 4.79 Å². The summed E-state index contributed by atoms with van der Waals surface area (Å²) in [5, 5.41) is 12.7. The molecule has 1 amide bonds. The average Bonchev–Trinajstić information content (AvgIpc) is 3.66. The molecule has 1 N–H and O–H groups in total. The second kappa shape index (κ2) is 20.5. The van der Waals surface area contributed by atoms with E-state index in [1.54, 1.807) is 4.79 Å². The highest BCUT2D eigenvalue weighted by Crippen LogP contribution is 2.31. The summed E-state index contributed by atoms with van der Waals surface area (Å²) >= 11 is 0. The van der Waals surface area contributed by atoms with Crippen LogP contribution in [0.15, 0.2) is 28.3 Å². The Labute approximate surface area is 292 Å². The van der Waals surface area contributed by atoms with Crippen LogP contribution in [0.3, 0.4) is 0 Å². The molecule has 0 spiro atoms. The highest BCUT2D eigenvalue weighted by Gasteiger charge is 2.28. The summed E-state index contributed by atoms with van der Waals surface area (Å²) < 4.78 is 0. The summed E-state index contributed by atoms with van der Waals surface area (Å²) in [4.78, 5) is 28.3. The van der Waals surface area contributed by atoms with E-state index in [1.807, 2.05) is 6.07 Å². The van der Waals surface area contributed by atoms with Crippen molar-refractivity contribution in [3.8, 4) is 0 Å². The summed E-state index contributed by atoms with van der Waals surface area (Å²) in [6.07, 6.45) is 15.0. The van der Waals surface area contributed by atoms with Crippen LogP contribution >= 0.6 is 0 Å². The number of rotatable bonds is 23. The third kappa shape index (κ3) is 11.0. The number of fused-ring (bicyclic) bond motifs is 1. The van der Waals surface area contributed by atoms with Gasteiger partial charge in [-0.25, -0.2) is 9.98 Å². The highest BCUT2D eigenvalue weighted by atomic mass is 16.1. The summed E-state index contributed by atoms with van der Waals surface area (Å²) in [7, 11) is 0. The predicted octanol–water partition coefficient (Wildman–Crippen LogP) is 10.3. The molecule has 0 radical (unpaired) electrons. The number of hydrogen-bond donors (Lipinski definition) is 1. The van der Waals surface area contributed by atoms with Gasteiger partial charge in [0, 0.05) is 31.2 Å². The molecule has 2 heterocycles. The standard InChI is InChI=1S/C40H67N7O/c1-10-17-20-30(13-4)26-41-40(48)34-25-33(46(27-31(14-5)21-18-11-2)28-32(15-6)22-19-12-3)23-24-36(34)42-37-35(16-7)44-47-39(37)43-38(45-47)29(8)9/h23-25,29-32H,10-22,26-28H2,1-9H3,(H,41,48)/b42-37-. The van der Waals surface area contributed by atoms with Crippen LogP contribution < -0.4 is 10.2 Å². The molecule has 1 aromatic heterocycles. The van der Waals surface area contributed by atoms with E-state index in [0.717, 1.165) is 56.0 Å². The monoisotopic (exact) mass is 662 g/mol. The molecule has 1 aliphatic rings. The van der Waals surface area contributed by atoms with Crippen molar-refractivity contribution in [3.05, 3.63) is 35.4 Å². The molecular weight excluding hydrogens is 594 g/mol. The molecule has 0 saturated heterocycles. The van der Waals surface area contributed by atoms with Gasteiger partial charge in [0.05, 0.1) is 17.0 Å². The number of carbonyl (C=O) groups is 1. The van der Waals surface area contributed by atoms with Gasteiger partial charge in [0.1, 0.15) is 5.71 Å². The lowest BCUT2D eigenvalue weighted by Crippen LogP contribution is -2.34. The number of unbranched alkanes of at least 4 members (excludes halogenated alkanes) is 3. The van der Waals surface area contributed by atoms with Crippen LogP contribution in [-0.4, -0.2) is 51.8 Å². The molecule has 8 heteroatoms. The van der Waals surface area contributed by atoms with Crippen LogP contribution in [0, 0.1) is 17.8 Å². The third-order valence-electron chi connectivity index (χ3n) is 10.1. The van der Waals surface area contributed by atoms with Crippen LogP contribution in [-0.2, 0) is 0 Å². The molecule has 2 aromatic rings. The zero-order valence-electron chi connectivity index (χ0n) is 31.9. The largest absolute Gasteiger partial charge is 0.371 e. The van der Waals surface area contributed by atoms with Crippen molar-refractivity contribution in [2.45, 2.75) is 152 Å². The van der Waals surface area contributed by atoms with E-state index < -0.39 is 0 Å². The lowest BCUT2D eigenvalue weighted by atomic mass is 9.95. The normalized spacial score (nSPS) is 15.5. The first-order valence-corrected chi connectivity index (χ1v) is 19.5. The molecular formula is C40H67N7O. The number of aromatic nitrogens is 3. The molecule has 0 saturated carbocycles. The zero-order valence-corrected chi connectivity index (χ0v) is 31.9. The van der Waals surface area contributed by atoms with Gasteiger partial charge in [0.15, 0.2) is 5.82 Å². The maximum Gasteiger partial charge on any atom is 0.253 e. The minimum atomic E-state index is -0.0560. The Balaban J connectivity index is 2.10. The number of aliphatic imine (C=N–C) groups is 1. The molecule has 3 atom stereocenters. The first kappa shape index (κ1) is 39.4. The Morgan fingerprint density at radius 3 is 1.96 bits per heavy atom. The number of nitrogens with one attached hydrogen (secondary N) is 1. The smallest absolute Gasteiger partial charge is 0.253 e. The molecule has 48 heavy (non-hydrogen) atoms. The van der Waals surface area contributed by atoms with Gasteiger partial charge < -0.3 is 10.2 Å². The van der Waals surface area contributed by atoms with E-state index in [1.165, 1.54) is 51.4 Å². The second-order valence-electron chi connectivity index (χ2n) is 14.3. The maximum absolute atomic E-state index is 14.2. The van der Waals surface area contributed by atoms with Gasteiger partial charge in [-0.05, 0) is 61.6 Å². The van der Waals surface area contributed by atoms with Crippen molar-refractivity contribution in [1.29, 1.82) is 0 Å². The van der Waals surface area contributed by atoms with Crippen molar-refractivity contribution in [3.63, 3.8) is 0 Å². The van der Waals surface area contributed by atoms with E-state index in [2.05, 4.69) is 89.8 Å². The van der Waals surface area contributed by atoms with Crippen molar-refractivity contribution in [1.82, 2.24) is 20.2 Å². The second-order valence-corrected chi connectivity index (χ2v) is 14.3. The summed E-state index contributed by atoms with van der Waals surface area (Å²) in [6.45, 7) is 22.6. The minimum Gasteiger partial charge on any atom is -0.371 e. The topological polar surface area (TPSA) is 87.8 Å². The van der Waals surface area contributed by atoms with Crippen LogP contribution in [0.2, 0.25) is 0 Å². The molecule has 3 unspecified atom stereocenters. The number of hydrogen-bond acceptors (Lipinski definition) is 6. The first-order chi connectivity index (χ1) is 23.2. The van der Waals surface area contributed by atoms with Gasteiger partial charge in [0.2, 0.25) is 5.82 Å². The van der Waals surface area contributed by atoms with Crippen LogP contribution in [0.5, 0.6) is 0 Å². The molecule has 268 valence electrons. The van der Waals surface area contributed by atoms with E-state index in [4.69, 9.17) is 15.1 Å². The Kier molecular flexibility index (Phi) is 16.8. The van der Waals surface area contributed by atoms with Gasteiger partial charge in [-0.15, -0.1) is 9.89 Å². The summed E-state index contributed by atoms with van der Waals surface area (Å²) in [5.41, 5.74) is 3.95. The molecule has 3 rings (SSSR count). The van der Waals surface area contributed by atoms with Crippen molar-refractivity contribution in [2.24, 2.45) is 27.8 Å². The highest BCUT2D eigenvalue weighted by molar-refractivity contribution is 6.49. The van der Waals surface area contributed by atoms with Crippen molar-refractivity contribution < 1.29 is 4.79 Å². The fourth-order valence-corrected chi connectivity index (χ4v) is 6.56. The Morgan fingerprint density at radius 1 is 0.854 bits per heavy atom. The van der Waals surface area contributed by atoms with Gasteiger partial charge in [-0.1, -0.05) is 120 Å². The Morgan fingerprint density at radius 2 is 1.44 bits per heavy atom. The van der Waals surface area contributed by atoms with E-state index in [-0.39, 0.29) is 11.8 Å². The lowest BCUT2D eigenvalue weighted by Gasteiger charge is -2.33. The van der Waals surface area contributed by atoms with Gasteiger partial charge >= 0.3 is 0 Å². The number of nitrogens with zero attached hydrogens (tertiary/aromatic N) is 6. The van der Waals surface area contributed by atoms with Crippen molar-refractivity contribution >= 4 is 28.7 Å². The number of anilines is 1. The molecule has 1 aliphatic heterocycles. The maximum atomic E-state index is 14.2. The Bertz CT molecular complexity index is 1310. The number of carbonyl (C=O) groups excluding carboxylic acids is 1. The predicted molar refractivity (Wildman–Crippen MR) is 204 cm³/mol. The summed E-state index contributed by atoms with van der Waals surface area (Å²) in [5.74, 6) is 3.25. The number of amides is 1. The average molecular weight is 662 g/mol. The zero-order chi connectivity index (χ0) is 35.1. The fourth-order valence-electron chi connectivity index (χ4n) is 6.56. The number of benzene rings is 1. The van der Waals surface area contributed by atoms with Gasteiger partial charge in [0.25, 0.3) is 5.91 Å². The Hall–Kier alpha value is -3.03. The lowest BCUT2D eigenvalue weighted by molar-refractivity contribution is 0.0946.